The fourth-order valence-electron chi connectivity index (χ4n) is 2.51. The molecule has 0 fully saturated rings. The minimum absolute atomic E-state index is 0.193. The summed E-state index contributed by atoms with van der Waals surface area (Å²) in [6, 6.07) is 11.7. The predicted molar refractivity (Wildman–Crippen MR) is 100 cm³/mol. The molecule has 0 saturated carbocycles. The van der Waals surface area contributed by atoms with Crippen molar-refractivity contribution in [3.63, 3.8) is 0 Å². The first-order chi connectivity index (χ1) is 11.8. The van der Waals surface area contributed by atoms with E-state index in [1.54, 1.807) is 13.8 Å². The lowest BCUT2D eigenvalue weighted by molar-refractivity contribution is 0.102. The molecule has 1 amide bonds. The van der Waals surface area contributed by atoms with Crippen molar-refractivity contribution in [2.75, 3.05) is 18.4 Å². The van der Waals surface area contributed by atoms with Gasteiger partial charge in [0, 0.05) is 24.3 Å². The van der Waals surface area contributed by atoms with Crippen LogP contribution in [0.25, 0.3) is 0 Å². The lowest BCUT2D eigenvalue weighted by Gasteiger charge is -2.18. The lowest BCUT2D eigenvalue weighted by atomic mass is 10.1. The van der Waals surface area contributed by atoms with Crippen LogP contribution in [-0.4, -0.2) is 31.7 Å². The fraction of sp³-hybridized carbons (Fsp3) is 0.316. The van der Waals surface area contributed by atoms with Crippen LogP contribution < -0.4 is 5.32 Å². The Morgan fingerprint density at radius 3 is 2.08 bits per heavy atom. The van der Waals surface area contributed by atoms with Gasteiger partial charge < -0.3 is 5.32 Å². The zero-order chi connectivity index (χ0) is 18.6. The molecule has 0 heterocycles. The van der Waals surface area contributed by atoms with Crippen molar-refractivity contribution >= 4 is 21.6 Å². The molecule has 0 unspecified atom stereocenters. The number of aryl methyl sites for hydroxylation is 2. The number of carbonyl (C=O) groups is 1. The number of amides is 1. The van der Waals surface area contributed by atoms with E-state index in [1.165, 1.54) is 28.6 Å². The van der Waals surface area contributed by atoms with Crippen LogP contribution in [0.4, 0.5) is 5.69 Å². The third-order valence-corrected chi connectivity index (χ3v) is 6.29. The zero-order valence-corrected chi connectivity index (χ0v) is 15.9. The van der Waals surface area contributed by atoms with E-state index in [9.17, 15) is 13.2 Å². The Morgan fingerprint density at radius 2 is 1.56 bits per heavy atom. The number of nitrogens with zero attached hydrogens (tertiary/aromatic N) is 1. The van der Waals surface area contributed by atoms with Gasteiger partial charge in [0.2, 0.25) is 10.0 Å². The molecule has 0 saturated heterocycles. The largest absolute Gasteiger partial charge is 0.322 e. The van der Waals surface area contributed by atoms with Crippen LogP contribution in [0.5, 0.6) is 0 Å². The maximum atomic E-state index is 12.5. The van der Waals surface area contributed by atoms with Gasteiger partial charge in [0.25, 0.3) is 5.91 Å². The molecule has 25 heavy (non-hydrogen) atoms. The lowest BCUT2D eigenvalue weighted by Crippen LogP contribution is -2.30. The first-order valence-corrected chi connectivity index (χ1v) is 9.72. The normalized spacial score (nSPS) is 11.6. The van der Waals surface area contributed by atoms with Gasteiger partial charge in [-0.15, -0.1) is 0 Å². The third-order valence-electron chi connectivity index (χ3n) is 4.22. The van der Waals surface area contributed by atoms with Gasteiger partial charge in [0.15, 0.2) is 0 Å². The maximum absolute atomic E-state index is 12.5. The summed E-state index contributed by atoms with van der Waals surface area (Å²) in [5.74, 6) is -0.268. The van der Waals surface area contributed by atoms with E-state index >= 15 is 0 Å². The Hall–Kier alpha value is -2.18. The molecule has 1 N–H and O–H groups in total. The summed E-state index contributed by atoms with van der Waals surface area (Å²) in [4.78, 5) is 12.5. The van der Waals surface area contributed by atoms with Crippen molar-refractivity contribution in [1.82, 2.24) is 4.31 Å². The molecule has 2 aromatic carbocycles. The Balaban J connectivity index is 2.19. The van der Waals surface area contributed by atoms with Crippen LogP contribution >= 0.6 is 0 Å². The van der Waals surface area contributed by atoms with Crippen LogP contribution in [0, 0.1) is 13.8 Å². The average Bonchev–Trinajstić information content (AvgIpc) is 2.59. The van der Waals surface area contributed by atoms with E-state index in [-0.39, 0.29) is 10.8 Å². The highest BCUT2D eigenvalue weighted by Crippen LogP contribution is 2.18. The van der Waals surface area contributed by atoms with Gasteiger partial charge in [0.1, 0.15) is 0 Å². The van der Waals surface area contributed by atoms with Crippen molar-refractivity contribution in [3.05, 3.63) is 59.2 Å². The molecule has 0 bridgehead atoms. The van der Waals surface area contributed by atoms with Crippen molar-refractivity contribution in [3.8, 4) is 0 Å². The molecule has 0 radical (unpaired) electrons. The number of carbonyl (C=O) groups excluding carboxylic acids is 1. The smallest absolute Gasteiger partial charge is 0.255 e. The average molecular weight is 360 g/mol. The van der Waals surface area contributed by atoms with E-state index in [1.807, 2.05) is 32.0 Å². The highest BCUT2D eigenvalue weighted by atomic mass is 32.2. The zero-order valence-electron chi connectivity index (χ0n) is 15.0. The van der Waals surface area contributed by atoms with Crippen LogP contribution in [0.2, 0.25) is 0 Å². The number of hydrogen-bond donors (Lipinski definition) is 1. The second kappa shape index (κ2) is 7.80. The van der Waals surface area contributed by atoms with E-state index in [4.69, 9.17) is 0 Å². The SMILES string of the molecule is CCN(CC)S(=O)(=O)c1ccc(C(=O)Nc2ccc(C)c(C)c2)cc1. The number of nitrogens with one attached hydrogen (secondary N) is 1. The van der Waals surface area contributed by atoms with E-state index in [0.717, 1.165) is 11.1 Å². The molecule has 0 atom stereocenters. The summed E-state index contributed by atoms with van der Waals surface area (Å²) >= 11 is 0. The number of sulfonamides is 1. The number of benzene rings is 2. The van der Waals surface area contributed by atoms with Crippen LogP contribution in [0.3, 0.4) is 0 Å². The Kier molecular flexibility index (Phi) is 5.98. The van der Waals surface area contributed by atoms with Crippen LogP contribution in [0.1, 0.15) is 35.3 Å². The van der Waals surface area contributed by atoms with Crippen LogP contribution in [-0.2, 0) is 10.0 Å². The molecule has 0 aromatic heterocycles. The minimum Gasteiger partial charge on any atom is -0.322 e. The molecule has 0 aliphatic carbocycles. The van der Waals surface area contributed by atoms with Crippen molar-refractivity contribution in [2.45, 2.75) is 32.6 Å². The van der Waals surface area contributed by atoms with E-state index in [2.05, 4.69) is 5.32 Å². The number of anilines is 1. The van der Waals surface area contributed by atoms with Gasteiger partial charge in [-0.05, 0) is 61.4 Å². The molecule has 6 heteroatoms. The maximum Gasteiger partial charge on any atom is 0.255 e. The highest BCUT2D eigenvalue weighted by molar-refractivity contribution is 7.89. The van der Waals surface area contributed by atoms with Gasteiger partial charge >= 0.3 is 0 Å². The topological polar surface area (TPSA) is 66.5 Å². The van der Waals surface area contributed by atoms with Crippen molar-refractivity contribution in [2.24, 2.45) is 0 Å². The molecule has 5 nitrogen and oxygen atoms in total. The van der Waals surface area contributed by atoms with Crippen LogP contribution in [0.15, 0.2) is 47.4 Å². The number of hydrogen-bond acceptors (Lipinski definition) is 3. The molecule has 0 aliphatic heterocycles. The first-order valence-electron chi connectivity index (χ1n) is 8.28. The summed E-state index contributed by atoms with van der Waals surface area (Å²) in [5.41, 5.74) is 3.38. The van der Waals surface area contributed by atoms with E-state index in [0.29, 0.717) is 24.3 Å². The van der Waals surface area contributed by atoms with Gasteiger partial charge in [-0.25, -0.2) is 8.42 Å². The highest BCUT2D eigenvalue weighted by Gasteiger charge is 2.21. The summed E-state index contributed by atoms with van der Waals surface area (Å²) in [6.45, 7) is 8.41. The van der Waals surface area contributed by atoms with Gasteiger partial charge in [-0.2, -0.15) is 4.31 Å². The van der Waals surface area contributed by atoms with Gasteiger partial charge in [-0.3, -0.25) is 4.79 Å². The molecular weight excluding hydrogens is 336 g/mol. The third kappa shape index (κ3) is 4.27. The van der Waals surface area contributed by atoms with E-state index < -0.39 is 10.0 Å². The minimum atomic E-state index is -3.51. The molecule has 0 spiro atoms. The second-order valence-electron chi connectivity index (χ2n) is 5.87. The molecule has 2 aromatic rings. The predicted octanol–water partition coefficient (Wildman–Crippen LogP) is 3.59. The monoisotopic (exact) mass is 360 g/mol. The van der Waals surface area contributed by atoms with Gasteiger partial charge in [0.05, 0.1) is 4.90 Å². The standard InChI is InChI=1S/C19H24N2O3S/c1-5-21(6-2)25(23,24)18-11-8-16(9-12-18)19(22)20-17-10-7-14(3)15(4)13-17/h7-13H,5-6H2,1-4H3,(H,20,22). The number of rotatable bonds is 6. The Morgan fingerprint density at radius 1 is 0.960 bits per heavy atom. The van der Waals surface area contributed by atoms with Crippen molar-refractivity contribution in [1.29, 1.82) is 0 Å². The summed E-state index contributed by atoms with van der Waals surface area (Å²) in [5, 5.41) is 2.83. The second-order valence-corrected chi connectivity index (χ2v) is 7.80. The Bertz CT molecular complexity index is 855. The molecule has 2 rings (SSSR count). The molecular formula is C19H24N2O3S. The summed E-state index contributed by atoms with van der Waals surface area (Å²) in [7, 11) is -3.51. The first kappa shape index (κ1) is 19.1. The molecule has 134 valence electrons. The summed E-state index contributed by atoms with van der Waals surface area (Å²) < 4.78 is 26.3. The quantitative estimate of drug-likeness (QED) is 0.856. The summed E-state index contributed by atoms with van der Waals surface area (Å²) in [6.07, 6.45) is 0. The van der Waals surface area contributed by atoms with Crippen molar-refractivity contribution < 1.29 is 13.2 Å². The Labute approximate surface area is 149 Å². The fourth-order valence-corrected chi connectivity index (χ4v) is 3.97. The van der Waals surface area contributed by atoms with Gasteiger partial charge in [-0.1, -0.05) is 19.9 Å². The molecule has 0 aliphatic rings.